The number of rotatable bonds is 5. The Kier molecular flexibility index (Phi) is 4.68. The van der Waals surface area contributed by atoms with Crippen LogP contribution in [0.4, 0.5) is 8.78 Å². The molecule has 16 heavy (non-hydrogen) atoms. The molecule has 2 atom stereocenters. The quantitative estimate of drug-likeness (QED) is 0.842. The second-order valence-corrected chi connectivity index (χ2v) is 3.84. The number of halogens is 2. The highest BCUT2D eigenvalue weighted by molar-refractivity contribution is 5.24. The van der Waals surface area contributed by atoms with Gasteiger partial charge in [-0.1, -0.05) is 20.3 Å². The van der Waals surface area contributed by atoms with Crippen molar-refractivity contribution in [3.8, 4) is 5.75 Å². The van der Waals surface area contributed by atoms with Gasteiger partial charge in [-0.25, -0.2) is 8.78 Å². The van der Waals surface area contributed by atoms with Crippen molar-refractivity contribution < 1.29 is 18.6 Å². The fourth-order valence-corrected chi connectivity index (χ4v) is 1.20. The average Bonchev–Trinajstić information content (AvgIpc) is 2.28. The van der Waals surface area contributed by atoms with Gasteiger partial charge in [-0.05, 0) is 18.1 Å². The Morgan fingerprint density at radius 3 is 2.69 bits per heavy atom. The third kappa shape index (κ3) is 3.45. The maximum Gasteiger partial charge on any atom is 0.165 e. The molecule has 2 nitrogen and oxygen atoms in total. The molecule has 0 amide bonds. The molecule has 0 aliphatic rings. The lowest BCUT2D eigenvalue weighted by atomic mass is 10.0. The Labute approximate surface area is 93.9 Å². The van der Waals surface area contributed by atoms with Crippen molar-refractivity contribution >= 4 is 0 Å². The Morgan fingerprint density at radius 1 is 1.38 bits per heavy atom. The van der Waals surface area contributed by atoms with Crippen LogP contribution in [0.15, 0.2) is 18.2 Å². The third-order valence-electron chi connectivity index (χ3n) is 2.60. The maximum atomic E-state index is 13.1. The van der Waals surface area contributed by atoms with Gasteiger partial charge in [0.25, 0.3) is 0 Å². The van der Waals surface area contributed by atoms with Gasteiger partial charge in [-0.3, -0.25) is 0 Å². The van der Waals surface area contributed by atoms with Gasteiger partial charge < -0.3 is 9.84 Å². The largest absolute Gasteiger partial charge is 0.488 e. The molecule has 0 fully saturated rings. The van der Waals surface area contributed by atoms with Crippen LogP contribution < -0.4 is 4.74 Å². The summed E-state index contributed by atoms with van der Waals surface area (Å²) in [6, 6.07) is 2.99. The van der Waals surface area contributed by atoms with Gasteiger partial charge in [-0.15, -0.1) is 0 Å². The lowest BCUT2D eigenvalue weighted by Gasteiger charge is -2.17. The van der Waals surface area contributed by atoms with E-state index in [1.54, 1.807) is 0 Å². The molecule has 0 heterocycles. The molecule has 2 unspecified atom stereocenters. The summed E-state index contributed by atoms with van der Waals surface area (Å²) in [6.45, 7) is 3.78. The van der Waals surface area contributed by atoms with Crippen LogP contribution in [0.1, 0.15) is 20.3 Å². The number of ether oxygens (including phenoxy) is 1. The predicted molar refractivity (Wildman–Crippen MR) is 57.3 cm³/mol. The molecule has 0 aromatic heterocycles. The van der Waals surface area contributed by atoms with Gasteiger partial charge in [0.05, 0.1) is 6.10 Å². The van der Waals surface area contributed by atoms with Gasteiger partial charge in [0.15, 0.2) is 11.6 Å². The van der Waals surface area contributed by atoms with Crippen LogP contribution in [0.2, 0.25) is 0 Å². The second kappa shape index (κ2) is 5.80. The highest BCUT2D eigenvalue weighted by atomic mass is 19.1. The van der Waals surface area contributed by atoms with Crippen molar-refractivity contribution in [2.75, 3.05) is 6.61 Å². The zero-order valence-electron chi connectivity index (χ0n) is 9.41. The van der Waals surface area contributed by atoms with E-state index in [-0.39, 0.29) is 18.3 Å². The first-order chi connectivity index (χ1) is 7.54. The molecule has 0 spiro atoms. The lowest BCUT2D eigenvalue weighted by molar-refractivity contribution is 0.0605. The van der Waals surface area contributed by atoms with E-state index >= 15 is 0 Å². The molecule has 1 aromatic carbocycles. The monoisotopic (exact) mass is 230 g/mol. The topological polar surface area (TPSA) is 29.5 Å². The average molecular weight is 230 g/mol. The van der Waals surface area contributed by atoms with Crippen LogP contribution >= 0.6 is 0 Å². The molecule has 1 rings (SSSR count). The Balaban J connectivity index is 2.57. The number of benzene rings is 1. The van der Waals surface area contributed by atoms with Crippen LogP contribution in [0.25, 0.3) is 0 Å². The summed E-state index contributed by atoms with van der Waals surface area (Å²) < 4.78 is 31.0. The standard InChI is InChI=1S/C12H16F2O2/c1-3-8(2)11(15)7-16-12-6-9(13)4-5-10(12)14/h4-6,8,11,15H,3,7H2,1-2H3. The van der Waals surface area contributed by atoms with Crippen molar-refractivity contribution in [2.24, 2.45) is 5.92 Å². The fraction of sp³-hybridized carbons (Fsp3) is 0.500. The first-order valence-corrected chi connectivity index (χ1v) is 5.30. The summed E-state index contributed by atoms with van der Waals surface area (Å²) in [7, 11) is 0. The van der Waals surface area contributed by atoms with E-state index in [2.05, 4.69) is 0 Å². The highest BCUT2D eigenvalue weighted by Crippen LogP contribution is 2.19. The molecule has 0 saturated carbocycles. The van der Waals surface area contributed by atoms with Gasteiger partial charge in [0.2, 0.25) is 0 Å². The third-order valence-corrected chi connectivity index (χ3v) is 2.60. The molecule has 1 aromatic rings. The van der Waals surface area contributed by atoms with Gasteiger partial charge in [-0.2, -0.15) is 0 Å². The first-order valence-electron chi connectivity index (χ1n) is 5.30. The van der Waals surface area contributed by atoms with Gasteiger partial charge in [0.1, 0.15) is 12.4 Å². The molecule has 0 aliphatic heterocycles. The Bertz CT molecular complexity index is 342. The SMILES string of the molecule is CCC(C)C(O)COc1cc(F)ccc1F. The smallest absolute Gasteiger partial charge is 0.165 e. The van der Waals surface area contributed by atoms with E-state index in [1.165, 1.54) is 0 Å². The van der Waals surface area contributed by atoms with Gasteiger partial charge >= 0.3 is 0 Å². The van der Waals surface area contributed by atoms with Crippen LogP contribution in [-0.2, 0) is 0 Å². The normalized spacial score (nSPS) is 14.6. The van der Waals surface area contributed by atoms with E-state index in [0.29, 0.717) is 0 Å². The number of aliphatic hydroxyl groups excluding tert-OH is 1. The molecule has 0 bridgehead atoms. The van der Waals surface area contributed by atoms with E-state index in [1.807, 2.05) is 13.8 Å². The van der Waals surface area contributed by atoms with E-state index < -0.39 is 17.7 Å². The van der Waals surface area contributed by atoms with Crippen LogP contribution in [0.3, 0.4) is 0 Å². The van der Waals surface area contributed by atoms with Crippen molar-refractivity contribution in [1.29, 1.82) is 0 Å². The van der Waals surface area contributed by atoms with E-state index in [4.69, 9.17) is 4.74 Å². The van der Waals surface area contributed by atoms with Crippen LogP contribution in [0.5, 0.6) is 5.75 Å². The number of aliphatic hydroxyl groups is 1. The minimum atomic E-state index is -0.673. The zero-order chi connectivity index (χ0) is 12.1. The lowest BCUT2D eigenvalue weighted by Crippen LogP contribution is -2.25. The summed E-state index contributed by atoms with van der Waals surface area (Å²) >= 11 is 0. The molecular weight excluding hydrogens is 214 g/mol. The Morgan fingerprint density at radius 2 is 2.06 bits per heavy atom. The number of hydrogen-bond acceptors (Lipinski definition) is 2. The molecular formula is C12H16F2O2. The van der Waals surface area contributed by atoms with Gasteiger partial charge in [0, 0.05) is 6.07 Å². The molecule has 0 aliphatic carbocycles. The number of hydrogen-bond donors (Lipinski definition) is 1. The minimum absolute atomic E-state index is 0.0324. The molecule has 1 N–H and O–H groups in total. The predicted octanol–water partition coefficient (Wildman–Crippen LogP) is 2.75. The van der Waals surface area contributed by atoms with Crippen molar-refractivity contribution in [3.05, 3.63) is 29.8 Å². The van der Waals surface area contributed by atoms with Crippen LogP contribution in [0, 0.1) is 17.6 Å². The molecule has 0 saturated heterocycles. The Hall–Kier alpha value is -1.16. The summed E-state index contributed by atoms with van der Waals surface area (Å²) in [5, 5.41) is 9.60. The second-order valence-electron chi connectivity index (χ2n) is 3.84. The highest BCUT2D eigenvalue weighted by Gasteiger charge is 2.14. The van der Waals surface area contributed by atoms with Crippen molar-refractivity contribution in [1.82, 2.24) is 0 Å². The maximum absolute atomic E-state index is 13.1. The summed E-state index contributed by atoms with van der Waals surface area (Å²) in [5.41, 5.74) is 0. The summed E-state index contributed by atoms with van der Waals surface area (Å²) in [5.74, 6) is -1.29. The van der Waals surface area contributed by atoms with Crippen molar-refractivity contribution in [3.63, 3.8) is 0 Å². The van der Waals surface area contributed by atoms with E-state index in [0.717, 1.165) is 24.6 Å². The zero-order valence-corrected chi connectivity index (χ0v) is 9.41. The minimum Gasteiger partial charge on any atom is -0.488 e. The molecule has 90 valence electrons. The fourth-order valence-electron chi connectivity index (χ4n) is 1.20. The van der Waals surface area contributed by atoms with E-state index in [9.17, 15) is 13.9 Å². The first kappa shape index (κ1) is 12.9. The molecule has 4 heteroatoms. The summed E-state index contributed by atoms with van der Waals surface area (Å²) in [6.07, 6.45) is 0.128. The van der Waals surface area contributed by atoms with Crippen molar-refractivity contribution in [2.45, 2.75) is 26.4 Å². The molecule has 0 radical (unpaired) electrons. The van der Waals surface area contributed by atoms with Crippen LogP contribution in [-0.4, -0.2) is 17.8 Å². The summed E-state index contributed by atoms with van der Waals surface area (Å²) in [4.78, 5) is 0.